The van der Waals surface area contributed by atoms with Crippen molar-refractivity contribution in [1.82, 2.24) is 10.2 Å². The number of nitrogens with zero attached hydrogens (tertiary/aromatic N) is 1. The molecule has 4 N–H and O–H groups in total. The minimum Gasteiger partial charge on any atom is -0.493 e. The van der Waals surface area contributed by atoms with E-state index in [1.54, 1.807) is 20.2 Å². The molecular formula is C14H24N4O2. The van der Waals surface area contributed by atoms with Crippen LogP contribution in [0.15, 0.2) is 18.2 Å². The third-order valence-electron chi connectivity index (χ3n) is 2.54. The number of nitrogens with one attached hydrogen (secondary N) is 2. The first-order chi connectivity index (χ1) is 9.52. The second kappa shape index (κ2) is 8.14. The summed E-state index contributed by atoms with van der Waals surface area (Å²) in [6.07, 6.45) is 0.953. The lowest BCUT2D eigenvalue weighted by Gasteiger charge is -2.13. The quantitative estimate of drug-likeness (QED) is 0.525. The van der Waals surface area contributed by atoms with E-state index in [9.17, 15) is 4.79 Å². The molecule has 0 aliphatic carbocycles. The van der Waals surface area contributed by atoms with Crippen molar-refractivity contribution in [3.63, 3.8) is 0 Å². The van der Waals surface area contributed by atoms with Crippen LogP contribution < -0.4 is 21.1 Å². The molecule has 0 aliphatic heterocycles. The first-order valence-electron chi connectivity index (χ1n) is 6.75. The molecule has 0 saturated carbocycles. The molecule has 2 amide bonds. The van der Waals surface area contributed by atoms with Gasteiger partial charge in [-0.3, -0.25) is 0 Å². The van der Waals surface area contributed by atoms with Crippen LogP contribution >= 0.6 is 0 Å². The number of carbonyl (C=O) groups excluding carboxylic acids is 1. The van der Waals surface area contributed by atoms with Crippen LogP contribution in [0.4, 0.5) is 16.2 Å². The van der Waals surface area contributed by atoms with Gasteiger partial charge in [0, 0.05) is 50.7 Å². The average Bonchev–Trinajstić information content (AvgIpc) is 2.40. The van der Waals surface area contributed by atoms with E-state index in [1.165, 1.54) is 4.90 Å². The fraction of sp³-hybridized carbons (Fsp3) is 0.500. The molecule has 0 spiro atoms. The van der Waals surface area contributed by atoms with Gasteiger partial charge in [0.1, 0.15) is 5.75 Å². The van der Waals surface area contributed by atoms with Crippen LogP contribution in [0.3, 0.4) is 0 Å². The summed E-state index contributed by atoms with van der Waals surface area (Å²) in [4.78, 5) is 12.8. The van der Waals surface area contributed by atoms with E-state index in [1.807, 2.05) is 12.1 Å². The molecule has 0 fully saturated rings. The van der Waals surface area contributed by atoms with Crippen LogP contribution in [-0.4, -0.2) is 44.7 Å². The summed E-state index contributed by atoms with van der Waals surface area (Å²) in [5.41, 5.74) is 7.36. The van der Waals surface area contributed by atoms with Gasteiger partial charge < -0.3 is 26.0 Å². The van der Waals surface area contributed by atoms with Gasteiger partial charge in [-0.2, -0.15) is 0 Å². The van der Waals surface area contributed by atoms with Gasteiger partial charge in [0.15, 0.2) is 0 Å². The highest BCUT2D eigenvalue weighted by Gasteiger charge is 2.02. The van der Waals surface area contributed by atoms with Gasteiger partial charge in [0.25, 0.3) is 0 Å². The van der Waals surface area contributed by atoms with E-state index in [2.05, 4.69) is 17.6 Å². The number of ether oxygens (including phenoxy) is 1. The highest BCUT2D eigenvalue weighted by Crippen LogP contribution is 2.22. The number of hydrogen-bond acceptors (Lipinski definition) is 4. The second-order valence-corrected chi connectivity index (χ2v) is 4.69. The van der Waals surface area contributed by atoms with E-state index in [4.69, 9.17) is 10.5 Å². The zero-order valence-electron chi connectivity index (χ0n) is 12.4. The molecule has 1 rings (SSSR count). The second-order valence-electron chi connectivity index (χ2n) is 4.69. The minimum absolute atomic E-state index is 0.105. The highest BCUT2D eigenvalue weighted by molar-refractivity contribution is 5.73. The molecule has 0 saturated heterocycles. The highest BCUT2D eigenvalue weighted by atomic mass is 16.5. The Labute approximate surface area is 120 Å². The monoisotopic (exact) mass is 280 g/mol. The smallest absolute Gasteiger partial charge is 0.316 e. The van der Waals surface area contributed by atoms with Gasteiger partial charge in [-0.25, -0.2) is 4.79 Å². The Morgan fingerprint density at radius 1 is 1.30 bits per heavy atom. The lowest BCUT2D eigenvalue weighted by molar-refractivity contribution is 0.218. The molecule has 0 unspecified atom stereocenters. The number of benzene rings is 1. The molecule has 0 aromatic heterocycles. The van der Waals surface area contributed by atoms with Crippen molar-refractivity contribution in [3.05, 3.63) is 18.2 Å². The van der Waals surface area contributed by atoms with Crippen LogP contribution in [0.1, 0.15) is 13.3 Å². The largest absolute Gasteiger partial charge is 0.493 e. The van der Waals surface area contributed by atoms with Gasteiger partial charge >= 0.3 is 6.03 Å². The lowest BCUT2D eigenvalue weighted by Crippen LogP contribution is -2.37. The molecule has 6 heteroatoms. The van der Waals surface area contributed by atoms with E-state index in [-0.39, 0.29) is 6.03 Å². The van der Waals surface area contributed by atoms with Gasteiger partial charge in [-0.05, 0) is 12.5 Å². The van der Waals surface area contributed by atoms with Crippen molar-refractivity contribution in [2.45, 2.75) is 13.3 Å². The van der Waals surface area contributed by atoms with Crippen molar-refractivity contribution in [2.24, 2.45) is 0 Å². The lowest BCUT2D eigenvalue weighted by atomic mass is 10.2. The van der Waals surface area contributed by atoms with Crippen LogP contribution in [-0.2, 0) is 0 Å². The SMILES string of the molecule is CCCOc1cc(N)cc(NCCNC(=O)N(C)C)c1. The van der Waals surface area contributed by atoms with Gasteiger partial charge in [0.2, 0.25) is 0 Å². The third-order valence-corrected chi connectivity index (χ3v) is 2.54. The van der Waals surface area contributed by atoms with Gasteiger partial charge in [0.05, 0.1) is 6.61 Å². The number of amides is 2. The summed E-state index contributed by atoms with van der Waals surface area (Å²) in [5.74, 6) is 0.756. The Morgan fingerprint density at radius 2 is 2.05 bits per heavy atom. The standard InChI is InChI=1S/C14H24N4O2/c1-4-7-20-13-9-11(15)8-12(10-13)16-5-6-17-14(19)18(2)3/h8-10,16H,4-7,15H2,1-3H3,(H,17,19). The van der Waals surface area contributed by atoms with Crippen molar-refractivity contribution >= 4 is 17.4 Å². The summed E-state index contributed by atoms with van der Waals surface area (Å²) in [6.45, 7) is 3.88. The predicted molar refractivity (Wildman–Crippen MR) is 82.2 cm³/mol. The molecule has 0 atom stereocenters. The molecule has 6 nitrogen and oxygen atoms in total. The van der Waals surface area contributed by atoms with Crippen molar-refractivity contribution in [1.29, 1.82) is 0 Å². The van der Waals surface area contributed by atoms with E-state index >= 15 is 0 Å². The topological polar surface area (TPSA) is 79.6 Å². The van der Waals surface area contributed by atoms with Crippen LogP contribution in [0.25, 0.3) is 0 Å². The third kappa shape index (κ3) is 5.69. The Morgan fingerprint density at radius 3 is 2.70 bits per heavy atom. The number of urea groups is 1. The van der Waals surface area contributed by atoms with Crippen molar-refractivity contribution in [2.75, 3.05) is 44.8 Å². The fourth-order valence-electron chi connectivity index (χ4n) is 1.56. The molecule has 0 bridgehead atoms. The Hall–Kier alpha value is -2.11. The molecule has 20 heavy (non-hydrogen) atoms. The predicted octanol–water partition coefficient (Wildman–Crippen LogP) is 1.74. The average molecular weight is 280 g/mol. The maximum Gasteiger partial charge on any atom is 0.316 e. The van der Waals surface area contributed by atoms with Crippen LogP contribution in [0.2, 0.25) is 0 Å². The molecule has 0 aliphatic rings. The molecule has 0 radical (unpaired) electrons. The van der Waals surface area contributed by atoms with E-state index < -0.39 is 0 Å². The van der Waals surface area contributed by atoms with Crippen molar-refractivity contribution in [3.8, 4) is 5.75 Å². The molecule has 1 aromatic carbocycles. The first-order valence-corrected chi connectivity index (χ1v) is 6.75. The number of anilines is 2. The zero-order valence-corrected chi connectivity index (χ0v) is 12.4. The van der Waals surface area contributed by atoms with Crippen LogP contribution in [0.5, 0.6) is 5.75 Å². The molecule has 112 valence electrons. The van der Waals surface area contributed by atoms with Crippen LogP contribution in [0, 0.1) is 0 Å². The molecule has 1 aromatic rings. The number of nitrogens with two attached hydrogens (primary N) is 1. The summed E-state index contributed by atoms with van der Waals surface area (Å²) < 4.78 is 5.56. The number of carbonyl (C=O) groups is 1. The summed E-state index contributed by atoms with van der Waals surface area (Å²) in [7, 11) is 3.41. The normalized spacial score (nSPS) is 9.95. The van der Waals surface area contributed by atoms with Gasteiger partial charge in [-0.1, -0.05) is 6.92 Å². The maximum atomic E-state index is 11.3. The molecular weight excluding hydrogens is 256 g/mol. The summed E-state index contributed by atoms with van der Waals surface area (Å²) in [5, 5.41) is 5.98. The zero-order chi connectivity index (χ0) is 15.0. The van der Waals surface area contributed by atoms with Crippen molar-refractivity contribution < 1.29 is 9.53 Å². The minimum atomic E-state index is -0.105. The number of rotatable bonds is 7. The Balaban J connectivity index is 2.43. The maximum absolute atomic E-state index is 11.3. The summed E-state index contributed by atoms with van der Waals surface area (Å²) in [6, 6.07) is 5.44. The Kier molecular flexibility index (Phi) is 6.49. The summed E-state index contributed by atoms with van der Waals surface area (Å²) >= 11 is 0. The van der Waals surface area contributed by atoms with E-state index in [0.29, 0.717) is 25.4 Å². The fourth-order valence-corrected chi connectivity index (χ4v) is 1.56. The molecule has 0 heterocycles. The van der Waals surface area contributed by atoms with Gasteiger partial charge in [-0.15, -0.1) is 0 Å². The number of hydrogen-bond donors (Lipinski definition) is 3. The Bertz CT molecular complexity index is 435. The van der Waals surface area contributed by atoms with E-state index in [0.717, 1.165) is 17.9 Å². The number of nitrogen functional groups attached to an aromatic ring is 1. The first kappa shape index (κ1) is 15.9.